The van der Waals surface area contributed by atoms with E-state index in [1.165, 1.54) is 26.3 Å². The molecular formula is C20H21F2N3O3. The van der Waals surface area contributed by atoms with Gasteiger partial charge in [-0.25, -0.2) is 4.39 Å². The lowest BCUT2D eigenvalue weighted by molar-refractivity contribution is 0.126. The lowest BCUT2D eigenvalue weighted by atomic mass is 10.0. The first-order valence-electron chi connectivity index (χ1n) is 8.72. The summed E-state index contributed by atoms with van der Waals surface area (Å²) >= 11 is 0. The molecule has 0 spiro atoms. The summed E-state index contributed by atoms with van der Waals surface area (Å²) in [7, 11) is 2.59. The van der Waals surface area contributed by atoms with Crippen LogP contribution < -0.4 is 4.74 Å². The number of hydrogen-bond acceptors (Lipinski definition) is 5. The van der Waals surface area contributed by atoms with E-state index in [4.69, 9.17) is 14.4 Å². The third kappa shape index (κ3) is 4.21. The number of rotatable bonds is 5. The standard InChI is InChI=1S/C20H21F2N3O3/c1-13-5-4-6-15(20(24-26-3)25(2)22)17(13)12-28-23-18-9-10-27-19-11-14(21)7-8-16(18)19/h4-8,11H,9-10,12H2,1-3H3/b23-18+,24-20+. The zero-order chi connectivity index (χ0) is 20.1. The Morgan fingerprint density at radius 1 is 1.29 bits per heavy atom. The van der Waals surface area contributed by atoms with Crippen LogP contribution in [0, 0.1) is 12.7 Å². The van der Waals surface area contributed by atoms with Gasteiger partial charge in [0, 0.05) is 36.2 Å². The van der Waals surface area contributed by atoms with Crippen LogP contribution in [0.2, 0.25) is 0 Å². The van der Waals surface area contributed by atoms with Gasteiger partial charge in [0.25, 0.3) is 0 Å². The number of aryl methyl sites for hydroxylation is 1. The van der Waals surface area contributed by atoms with E-state index >= 15 is 0 Å². The second-order valence-corrected chi connectivity index (χ2v) is 6.23. The van der Waals surface area contributed by atoms with Crippen molar-refractivity contribution in [1.82, 2.24) is 5.12 Å². The molecule has 0 radical (unpaired) electrons. The molecular weight excluding hydrogens is 368 g/mol. The number of nitrogens with zero attached hydrogens (tertiary/aromatic N) is 3. The quantitative estimate of drug-likeness (QED) is 0.336. The van der Waals surface area contributed by atoms with Crippen LogP contribution in [0.3, 0.4) is 0 Å². The molecule has 0 amide bonds. The Labute approximate surface area is 161 Å². The molecule has 0 bridgehead atoms. The van der Waals surface area contributed by atoms with Crippen LogP contribution in [0.4, 0.5) is 8.87 Å². The van der Waals surface area contributed by atoms with E-state index in [1.54, 1.807) is 18.2 Å². The number of halogens is 2. The van der Waals surface area contributed by atoms with Gasteiger partial charge in [-0.2, -0.15) is 5.12 Å². The van der Waals surface area contributed by atoms with Crippen molar-refractivity contribution in [1.29, 1.82) is 0 Å². The maximum absolute atomic E-state index is 13.9. The molecule has 2 aromatic carbocycles. The summed E-state index contributed by atoms with van der Waals surface area (Å²) in [6, 6.07) is 9.73. The van der Waals surface area contributed by atoms with E-state index in [2.05, 4.69) is 10.3 Å². The molecule has 0 unspecified atom stereocenters. The molecule has 0 saturated carbocycles. The van der Waals surface area contributed by atoms with Crippen LogP contribution in [0.5, 0.6) is 5.75 Å². The molecule has 28 heavy (non-hydrogen) atoms. The van der Waals surface area contributed by atoms with Gasteiger partial charge in [-0.05, 0) is 24.6 Å². The number of ether oxygens (including phenoxy) is 1. The third-order valence-electron chi connectivity index (χ3n) is 4.36. The predicted molar refractivity (Wildman–Crippen MR) is 101 cm³/mol. The van der Waals surface area contributed by atoms with E-state index in [0.29, 0.717) is 40.7 Å². The largest absolute Gasteiger partial charge is 0.492 e. The number of oxime groups is 2. The molecule has 3 rings (SSSR count). The zero-order valence-electron chi connectivity index (χ0n) is 15.9. The van der Waals surface area contributed by atoms with Gasteiger partial charge in [-0.1, -0.05) is 33.0 Å². The summed E-state index contributed by atoms with van der Waals surface area (Å²) in [5.74, 6) is 0.105. The van der Waals surface area contributed by atoms with Crippen molar-refractivity contribution in [2.45, 2.75) is 20.0 Å². The Hall–Kier alpha value is -3.16. The fourth-order valence-corrected chi connectivity index (χ4v) is 2.98. The highest BCUT2D eigenvalue weighted by molar-refractivity contribution is 6.03. The van der Waals surface area contributed by atoms with Crippen LogP contribution in [-0.4, -0.2) is 37.4 Å². The van der Waals surface area contributed by atoms with Gasteiger partial charge < -0.3 is 14.4 Å². The Kier molecular flexibility index (Phi) is 6.08. The summed E-state index contributed by atoms with van der Waals surface area (Å²) in [5, 5.41) is 8.36. The van der Waals surface area contributed by atoms with Crippen molar-refractivity contribution < 1.29 is 23.3 Å². The van der Waals surface area contributed by atoms with Crippen molar-refractivity contribution in [3.8, 4) is 5.75 Å². The molecule has 1 heterocycles. The molecule has 0 atom stereocenters. The van der Waals surface area contributed by atoms with Crippen LogP contribution in [0.25, 0.3) is 0 Å². The van der Waals surface area contributed by atoms with Crippen LogP contribution in [0.15, 0.2) is 46.7 Å². The van der Waals surface area contributed by atoms with Gasteiger partial charge in [0.15, 0.2) is 0 Å². The molecule has 0 aliphatic carbocycles. The second-order valence-electron chi connectivity index (χ2n) is 6.23. The molecule has 0 fully saturated rings. The summed E-state index contributed by atoms with van der Waals surface area (Å²) in [6.07, 6.45) is 0.545. The first-order chi connectivity index (χ1) is 13.5. The third-order valence-corrected chi connectivity index (χ3v) is 4.36. The van der Waals surface area contributed by atoms with E-state index in [-0.39, 0.29) is 18.3 Å². The lowest BCUT2D eigenvalue weighted by Crippen LogP contribution is -2.22. The topological polar surface area (TPSA) is 55.6 Å². The molecule has 8 heteroatoms. The average molecular weight is 389 g/mol. The first kappa shape index (κ1) is 19.6. The minimum absolute atomic E-state index is 0.0318. The van der Waals surface area contributed by atoms with Crippen molar-refractivity contribution in [2.75, 3.05) is 20.8 Å². The van der Waals surface area contributed by atoms with Crippen LogP contribution in [0.1, 0.15) is 28.7 Å². The Bertz CT molecular complexity index is 914. The SMILES string of the molecule is CO/N=C(\c1cccc(C)c1CO/N=C1\CCOc2cc(F)ccc21)N(C)F. The highest BCUT2D eigenvalue weighted by Crippen LogP contribution is 2.26. The van der Waals surface area contributed by atoms with E-state index in [0.717, 1.165) is 11.1 Å². The average Bonchev–Trinajstić information content (AvgIpc) is 2.67. The molecule has 0 N–H and O–H groups in total. The molecule has 1 aliphatic heterocycles. The van der Waals surface area contributed by atoms with E-state index in [1.807, 2.05) is 13.0 Å². The number of amidine groups is 1. The normalized spacial score (nSPS) is 15.0. The van der Waals surface area contributed by atoms with Gasteiger partial charge in [-0.3, -0.25) is 0 Å². The van der Waals surface area contributed by atoms with Gasteiger partial charge in [0.1, 0.15) is 25.3 Å². The maximum atomic E-state index is 13.9. The van der Waals surface area contributed by atoms with E-state index < -0.39 is 0 Å². The van der Waals surface area contributed by atoms with Gasteiger partial charge in [0.2, 0.25) is 5.84 Å². The minimum Gasteiger partial charge on any atom is -0.492 e. The van der Waals surface area contributed by atoms with Crippen LogP contribution in [-0.2, 0) is 16.3 Å². The van der Waals surface area contributed by atoms with Gasteiger partial charge in [0.05, 0.1) is 12.3 Å². The Morgan fingerprint density at radius 2 is 2.11 bits per heavy atom. The van der Waals surface area contributed by atoms with E-state index in [9.17, 15) is 8.87 Å². The summed E-state index contributed by atoms with van der Waals surface area (Å²) in [5.41, 5.74) is 3.55. The summed E-state index contributed by atoms with van der Waals surface area (Å²) in [4.78, 5) is 10.3. The van der Waals surface area contributed by atoms with Crippen molar-refractivity contribution >= 4 is 11.5 Å². The molecule has 6 nitrogen and oxygen atoms in total. The van der Waals surface area contributed by atoms with Crippen molar-refractivity contribution in [3.05, 3.63) is 64.5 Å². The smallest absolute Gasteiger partial charge is 0.203 e. The fraction of sp³-hybridized carbons (Fsp3) is 0.300. The molecule has 0 aromatic heterocycles. The summed E-state index contributed by atoms with van der Waals surface area (Å²) in [6.45, 7) is 2.40. The van der Waals surface area contributed by atoms with Crippen molar-refractivity contribution in [3.63, 3.8) is 0 Å². The number of fused-ring (bicyclic) bond motifs is 1. The zero-order valence-corrected chi connectivity index (χ0v) is 15.9. The second kappa shape index (κ2) is 8.69. The highest BCUT2D eigenvalue weighted by Gasteiger charge is 2.19. The maximum Gasteiger partial charge on any atom is 0.203 e. The molecule has 2 aromatic rings. The minimum atomic E-state index is -0.370. The van der Waals surface area contributed by atoms with Gasteiger partial charge in [-0.15, -0.1) is 0 Å². The van der Waals surface area contributed by atoms with Crippen molar-refractivity contribution in [2.24, 2.45) is 10.3 Å². The van der Waals surface area contributed by atoms with Crippen LogP contribution >= 0.6 is 0 Å². The number of benzene rings is 2. The molecule has 1 aliphatic rings. The summed E-state index contributed by atoms with van der Waals surface area (Å²) < 4.78 is 32.7. The Morgan fingerprint density at radius 3 is 2.86 bits per heavy atom. The molecule has 148 valence electrons. The van der Waals surface area contributed by atoms with Gasteiger partial charge >= 0.3 is 0 Å². The molecule has 0 saturated heterocycles. The highest BCUT2D eigenvalue weighted by atomic mass is 19.2. The fourth-order valence-electron chi connectivity index (χ4n) is 2.98. The number of hydrogen-bond donors (Lipinski definition) is 0. The Balaban J connectivity index is 1.85. The monoisotopic (exact) mass is 389 g/mol. The lowest BCUT2D eigenvalue weighted by Gasteiger charge is -2.19. The predicted octanol–water partition coefficient (Wildman–Crippen LogP) is 3.96. The first-order valence-corrected chi connectivity index (χ1v) is 8.72.